The summed E-state index contributed by atoms with van der Waals surface area (Å²) < 4.78 is 0. The lowest BCUT2D eigenvalue weighted by molar-refractivity contribution is 0.764. The van der Waals surface area contributed by atoms with Crippen molar-refractivity contribution in [3.05, 3.63) is 0 Å². The van der Waals surface area contributed by atoms with Gasteiger partial charge in [-0.15, -0.1) is 24.0 Å². The number of nitrogens with zero attached hydrogens (tertiary/aromatic N) is 1. The third-order valence-electron chi connectivity index (χ3n) is 1.05. The molecule has 0 radical (unpaired) electrons. The van der Waals surface area contributed by atoms with Crippen LogP contribution in [0.1, 0.15) is 6.92 Å². The van der Waals surface area contributed by atoms with E-state index in [2.05, 4.69) is 15.7 Å². The van der Waals surface area contributed by atoms with Gasteiger partial charge in [0, 0.05) is 6.54 Å². The molecule has 0 saturated carbocycles. The van der Waals surface area contributed by atoms with Gasteiger partial charge in [-0.25, -0.2) is 10.8 Å². The van der Waals surface area contributed by atoms with Gasteiger partial charge >= 0.3 is 0 Å². The van der Waals surface area contributed by atoms with Crippen LogP contribution in [-0.4, -0.2) is 18.5 Å². The largest absolute Gasteiger partial charge is 0.353 e. The van der Waals surface area contributed by atoms with Crippen molar-refractivity contribution in [1.29, 1.82) is 0 Å². The average Bonchev–Trinajstić information content (AvgIpc) is 2.14. The molecule has 9 heavy (non-hydrogen) atoms. The van der Waals surface area contributed by atoms with Gasteiger partial charge in [0.15, 0.2) is 0 Å². The van der Waals surface area contributed by atoms with E-state index in [1.807, 2.05) is 6.92 Å². The summed E-state index contributed by atoms with van der Waals surface area (Å²) in [4.78, 5) is 4.08. The molecule has 4 N–H and O–H groups in total. The zero-order chi connectivity index (χ0) is 5.98. The molecule has 5 heteroatoms. The normalized spacial score (nSPS) is 23.8. The standard InChI is InChI=1S/C4H10N4.HI/c1-3-2-6-4(7-3)8-5;/h3H,2,5H2,1H3,(H2,6,7,8);1H. The van der Waals surface area contributed by atoms with Crippen molar-refractivity contribution in [1.82, 2.24) is 10.7 Å². The van der Waals surface area contributed by atoms with Crippen molar-refractivity contribution in [2.45, 2.75) is 13.0 Å². The molecule has 0 spiro atoms. The number of rotatable bonds is 0. The number of hydrazine groups is 1. The number of nitrogens with one attached hydrogen (secondary N) is 2. The molecule has 0 aromatic heterocycles. The molecule has 1 unspecified atom stereocenters. The Morgan fingerprint density at radius 2 is 2.56 bits per heavy atom. The molecular formula is C4H11IN4. The minimum atomic E-state index is 0. The molecule has 1 rings (SSSR count). The van der Waals surface area contributed by atoms with E-state index < -0.39 is 0 Å². The van der Waals surface area contributed by atoms with Gasteiger partial charge in [-0.2, -0.15) is 0 Å². The second-order valence-electron chi connectivity index (χ2n) is 1.85. The van der Waals surface area contributed by atoms with Gasteiger partial charge in [0.2, 0.25) is 5.96 Å². The lowest BCUT2D eigenvalue weighted by Gasteiger charge is -1.95. The van der Waals surface area contributed by atoms with Gasteiger partial charge in [0.05, 0.1) is 6.04 Å². The fourth-order valence-electron chi connectivity index (χ4n) is 0.644. The van der Waals surface area contributed by atoms with Crippen molar-refractivity contribution in [3.8, 4) is 0 Å². The maximum Gasteiger partial charge on any atom is 0.206 e. The Bertz CT molecular complexity index is 113. The number of guanidine groups is 1. The third-order valence-corrected chi connectivity index (χ3v) is 1.05. The van der Waals surface area contributed by atoms with Crippen LogP contribution in [0.2, 0.25) is 0 Å². The summed E-state index contributed by atoms with van der Waals surface area (Å²) in [5.74, 6) is 5.74. The summed E-state index contributed by atoms with van der Waals surface area (Å²) in [6.07, 6.45) is 0. The van der Waals surface area contributed by atoms with Gasteiger partial charge in [0.25, 0.3) is 0 Å². The predicted octanol–water partition coefficient (Wildman–Crippen LogP) is -0.585. The first-order chi connectivity index (χ1) is 3.83. The van der Waals surface area contributed by atoms with Crippen LogP contribution in [-0.2, 0) is 0 Å². The summed E-state index contributed by atoms with van der Waals surface area (Å²) in [5.41, 5.74) is 2.43. The highest BCUT2D eigenvalue weighted by molar-refractivity contribution is 14.0. The van der Waals surface area contributed by atoms with E-state index in [1.54, 1.807) is 0 Å². The number of halogens is 1. The van der Waals surface area contributed by atoms with E-state index in [0.29, 0.717) is 12.0 Å². The fraction of sp³-hybridized carbons (Fsp3) is 0.750. The molecule has 4 nitrogen and oxygen atoms in total. The second-order valence-corrected chi connectivity index (χ2v) is 1.85. The van der Waals surface area contributed by atoms with Gasteiger partial charge < -0.3 is 5.32 Å². The Balaban J connectivity index is 0.000000640. The Morgan fingerprint density at radius 1 is 1.89 bits per heavy atom. The summed E-state index contributed by atoms with van der Waals surface area (Å²) in [6, 6.07) is 0.362. The lowest BCUT2D eigenvalue weighted by Crippen LogP contribution is -2.38. The molecule has 1 atom stereocenters. The van der Waals surface area contributed by atoms with Crippen LogP contribution in [0.4, 0.5) is 0 Å². The summed E-state index contributed by atoms with van der Waals surface area (Å²) in [7, 11) is 0. The Labute approximate surface area is 71.3 Å². The topological polar surface area (TPSA) is 62.4 Å². The monoisotopic (exact) mass is 242 g/mol. The first-order valence-electron chi connectivity index (χ1n) is 2.61. The van der Waals surface area contributed by atoms with Crippen LogP contribution in [0.5, 0.6) is 0 Å². The Morgan fingerprint density at radius 3 is 2.78 bits per heavy atom. The molecule has 54 valence electrons. The van der Waals surface area contributed by atoms with Crippen LogP contribution < -0.4 is 16.6 Å². The highest BCUT2D eigenvalue weighted by atomic mass is 127. The van der Waals surface area contributed by atoms with Gasteiger partial charge in [0.1, 0.15) is 0 Å². The van der Waals surface area contributed by atoms with Gasteiger partial charge in [-0.05, 0) is 6.92 Å². The maximum atomic E-state index is 5.05. The Hall–Kier alpha value is -0.0400. The molecule has 0 fully saturated rings. The number of hydrogen-bond donors (Lipinski definition) is 3. The molecule has 1 aliphatic heterocycles. The van der Waals surface area contributed by atoms with Crippen LogP contribution >= 0.6 is 24.0 Å². The van der Waals surface area contributed by atoms with E-state index in [-0.39, 0.29) is 24.0 Å². The van der Waals surface area contributed by atoms with Crippen molar-refractivity contribution in [3.63, 3.8) is 0 Å². The fourth-order valence-corrected chi connectivity index (χ4v) is 0.644. The molecule has 1 aliphatic rings. The second kappa shape index (κ2) is 3.89. The van der Waals surface area contributed by atoms with Gasteiger partial charge in [-0.1, -0.05) is 0 Å². The van der Waals surface area contributed by atoms with Crippen molar-refractivity contribution >= 4 is 29.9 Å². The molecule has 1 heterocycles. The molecule has 0 saturated heterocycles. The number of aliphatic imine (C=N–C) groups is 1. The zero-order valence-corrected chi connectivity index (χ0v) is 7.55. The predicted molar refractivity (Wildman–Crippen MR) is 47.6 cm³/mol. The molecule has 0 aromatic carbocycles. The highest BCUT2D eigenvalue weighted by Crippen LogP contribution is 1.92. The highest BCUT2D eigenvalue weighted by Gasteiger charge is 2.08. The Kier molecular flexibility index (Phi) is 3.87. The smallest absolute Gasteiger partial charge is 0.206 e. The maximum absolute atomic E-state index is 5.05. The SMILES string of the molecule is CC1CNC(NN)=N1.I. The summed E-state index contributed by atoms with van der Waals surface area (Å²) in [5, 5.41) is 2.97. The quantitative estimate of drug-likeness (QED) is 0.302. The minimum Gasteiger partial charge on any atom is -0.353 e. The van der Waals surface area contributed by atoms with E-state index in [4.69, 9.17) is 5.84 Å². The molecule has 0 aliphatic carbocycles. The van der Waals surface area contributed by atoms with Crippen molar-refractivity contribution in [2.24, 2.45) is 10.8 Å². The summed E-state index contributed by atoms with van der Waals surface area (Å²) in [6.45, 7) is 2.91. The van der Waals surface area contributed by atoms with E-state index >= 15 is 0 Å². The van der Waals surface area contributed by atoms with E-state index in [1.165, 1.54) is 0 Å². The van der Waals surface area contributed by atoms with Gasteiger partial charge in [-0.3, -0.25) is 5.43 Å². The van der Waals surface area contributed by atoms with E-state index in [9.17, 15) is 0 Å². The number of nitrogens with two attached hydrogens (primary N) is 1. The minimum absolute atomic E-state index is 0. The first kappa shape index (κ1) is 8.96. The summed E-state index contributed by atoms with van der Waals surface area (Å²) >= 11 is 0. The van der Waals surface area contributed by atoms with Crippen LogP contribution in [0, 0.1) is 0 Å². The van der Waals surface area contributed by atoms with Crippen LogP contribution in [0.15, 0.2) is 4.99 Å². The average molecular weight is 242 g/mol. The molecule has 0 bridgehead atoms. The van der Waals surface area contributed by atoms with Crippen LogP contribution in [0.25, 0.3) is 0 Å². The lowest BCUT2D eigenvalue weighted by atomic mass is 10.4. The molecule has 0 aromatic rings. The molecule has 0 amide bonds. The first-order valence-corrected chi connectivity index (χ1v) is 2.61. The molecular weight excluding hydrogens is 231 g/mol. The van der Waals surface area contributed by atoms with Crippen molar-refractivity contribution < 1.29 is 0 Å². The van der Waals surface area contributed by atoms with Crippen LogP contribution in [0.3, 0.4) is 0 Å². The van der Waals surface area contributed by atoms with Crippen molar-refractivity contribution in [2.75, 3.05) is 6.54 Å². The number of hydrogen-bond acceptors (Lipinski definition) is 4. The zero-order valence-electron chi connectivity index (χ0n) is 5.22. The third kappa shape index (κ3) is 2.35. The van der Waals surface area contributed by atoms with E-state index in [0.717, 1.165) is 6.54 Å².